The Bertz CT molecular complexity index is 634. The molecule has 104 valence electrons. The van der Waals surface area contributed by atoms with Crippen LogP contribution in [0.5, 0.6) is 11.5 Å². The zero-order valence-electron chi connectivity index (χ0n) is 11.5. The number of aliphatic imine (C=N–C) groups is 1. The molecule has 1 atom stereocenters. The van der Waals surface area contributed by atoms with Crippen molar-refractivity contribution in [1.82, 2.24) is 4.90 Å². The van der Waals surface area contributed by atoms with Crippen molar-refractivity contribution in [3.05, 3.63) is 29.3 Å². The Labute approximate surface area is 117 Å². The Kier molecular flexibility index (Phi) is 2.97. The first-order chi connectivity index (χ1) is 9.63. The van der Waals surface area contributed by atoms with Gasteiger partial charge in [-0.2, -0.15) is 0 Å². The lowest BCUT2D eigenvalue weighted by atomic mass is 10.1. The molecule has 5 nitrogen and oxygen atoms in total. The van der Waals surface area contributed by atoms with Gasteiger partial charge in [-0.3, -0.25) is 9.79 Å². The van der Waals surface area contributed by atoms with Gasteiger partial charge in [0.2, 0.25) is 0 Å². The first-order valence-corrected chi connectivity index (χ1v) is 6.54. The van der Waals surface area contributed by atoms with Gasteiger partial charge in [0.15, 0.2) is 11.5 Å². The molecule has 5 heteroatoms. The van der Waals surface area contributed by atoms with E-state index >= 15 is 0 Å². The van der Waals surface area contributed by atoms with Gasteiger partial charge in [-0.05, 0) is 19.4 Å². The third kappa shape index (κ3) is 1.86. The first-order valence-electron chi connectivity index (χ1n) is 6.54. The third-order valence-electron chi connectivity index (χ3n) is 3.83. The molecule has 1 fully saturated rings. The van der Waals surface area contributed by atoms with Gasteiger partial charge in [-0.15, -0.1) is 0 Å². The van der Waals surface area contributed by atoms with Gasteiger partial charge in [0, 0.05) is 18.8 Å². The number of benzene rings is 1. The second kappa shape index (κ2) is 4.67. The lowest BCUT2D eigenvalue weighted by molar-refractivity contribution is 0.0777. The number of allylic oxidation sites excluding steroid dienone is 1. The minimum atomic E-state index is -0.0716. The molecule has 2 heterocycles. The molecule has 0 unspecified atom stereocenters. The number of carbonyl (C=O) groups is 1. The molecule has 0 aliphatic carbocycles. The minimum absolute atomic E-state index is 0.00534. The van der Waals surface area contributed by atoms with Gasteiger partial charge < -0.3 is 14.7 Å². The number of rotatable bonds is 1. The normalized spacial score (nSPS) is 22.7. The second-order valence-electron chi connectivity index (χ2n) is 4.97. The first kappa shape index (κ1) is 12.7. The predicted octanol–water partition coefficient (Wildman–Crippen LogP) is 2.28. The Morgan fingerprint density at radius 3 is 3.00 bits per heavy atom. The summed E-state index contributed by atoms with van der Waals surface area (Å²) in [4.78, 5) is 18.8. The van der Waals surface area contributed by atoms with E-state index < -0.39 is 0 Å². The molecule has 1 saturated heterocycles. The fourth-order valence-electron chi connectivity index (χ4n) is 2.66. The summed E-state index contributed by atoms with van der Waals surface area (Å²) in [6, 6.07) is 3.02. The highest BCUT2D eigenvalue weighted by atomic mass is 16.5. The van der Waals surface area contributed by atoms with E-state index in [2.05, 4.69) is 4.99 Å². The maximum atomic E-state index is 12.6. The van der Waals surface area contributed by atoms with Crippen LogP contribution in [0.15, 0.2) is 28.8 Å². The van der Waals surface area contributed by atoms with Crippen molar-refractivity contribution in [1.29, 1.82) is 0 Å². The zero-order valence-corrected chi connectivity index (χ0v) is 11.5. The van der Waals surface area contributed by atoms with E-state index in [1.807, 2.05) is 13.0 Å². The molecule has 1 aromatic rings. The van der Waals surface area contributed by atoms with Crippen molar-refractivity contribution in [3.8, 4) is 11.5 Å². The summed E-state index contributed by atoms with van der Waals surface area (Å²) in [7, 11) is 1.46. The molecule has 1 N–H and O–H groups in total. The summed E-state index contributed by atoms with van der Waals surface area (Å²) in [5.74, 6) is 0.209. The highest BCUT2D eigenvalue weighted by Gasteiger charge is 2.34. The molecule has 1 aromatic carbocycles. The number of phenolic OH excluding ortho intramolecular Hbond substituents is 1. The number of methoxy groups -OCH3 is 1. The highest BCUT2D eigenvalue weighted by molar-refractivity contribution is 6.03. The van der Waals surface area contributed by atoms with Crippen LogP contribution < -0.4 is 4.74 Å². The molecule has 0 bridgehead atoms. The van der Waals surface area contributed by atoms with Crippen LogP contribution in [-0.2, 0) is 0 Å². The smallest absolute Gasteiger partial charge is 0.257 e. The van der Waals surface area contributed by atoms with Crippen LogP contribution in [0.1, 0.15) is 23.7 Å². The lowest BCUT2D eigenvalue weighted by Gasteiger charge is -2.19. The quantitative estimate of drug-likeness (QED) is 0.798. The maximum Gasteiger partial charge on any atom is 0.257 e. The largest absolute Gasteiger partial charge is 0.504 e. The van der Waals surface area contributed by atoms with Crippen molar-refractivity contribution in [2.75, 3.05) is 13.7 Å². The number of phenols is 1. The molecule has 0 saturated carbocycles. The predicted molar refractivity (Wildman–Crippen MR) is 76.0 cm³/mol. The topological polar surface area (TPSA) is 62.1 Å². The van der Waals surface area contributed by atoms with E-state index in [1.54, 1.807) is 17.2 Å². The van der Waals surface area contributed by atoms with Gasteiger partial charge >= 0.3 is 0 Å². The standard InChI is InChI=1S/C15H16N2O3/c1-3-9-4-10-7-16-12-6-13(18)14(20-2)5-11(12)15(19)17(10)8-9/h3,5-7,10,18H,4,8H2,1-2H3/b9-3-/t10-/m0/s1. The number of carbonyl (C=O) groups excluding carboxylic acids is 1. The molecular weight excluding hydrogens is 256 g/mol. The lowest BCUT2D eigenvalue weighted by Crippen LogP contribution is -2.35. The van der Waals surface area contributed by atoms with Gasteiger partial charge in [-0.1, -0.05) is 11.6 Å². The Morgan fingerprint density at radius 2 is 2.30 bits per heavy atom. The van der Waals surface area contributed by atoms with Crippen molar-refractivity contribution in [3.63, 3.8) is 0 Å². The van der Waals surface area contributed by atoms with Crippen LogP contribution in [0.3, 0.4) is 0 Å². The van der Waals surface area contributed by atoms with Crippen LogP contribution in [0.4, 0.5) is 5.69 Å². The van der Waals surface area contributed by atoms with Gasteiger partial charge in [0.05, 0.1) is 24.4 Å². The molecule has 3 rings (SSSR count). The van der Waals surface area contributed by atoms with Crippen molar-refractivity contribution >= 4 is 17.8 Å². The number of hydrogen-bond acceptors (Lipinski definition) is 4. The maximum absolute atomic E-state index is 12.6. The number of fused-ring (bicyclic) bond motifs is 2. The van der Waals surface area contributed by atoms with E-state index in [-0.39, 0.29) is 23.4 Å². The molecule has 2 aliphatic heterocycles. The average Bonchev–Trinajstić information content (AvgIpc) is 2.83. The summed E-state index contributed by atoms with van der Waals surface area (Å²) in [5, 5.41) is 9.79. The molecule has 1 amide bonds. The van der Waals surface area contributed by atoms with Crippen LogP contribution in [0, 0.1) is 0 Å². The highest BCUT2D eigenvalue weighted by Crippen LogP contribution is 2.37. The number of amides is 1. The van der Waals surface area contributed by atoms with Crippen LogP contribution >= 0.6 is 0 Å². The van der Waals surface area contributed by atoms with Crippen LogP contribution in [0.2, 0.25) is 0 Å². The number of hydrogen-bond donors (Lipinski definition) is 1. The fourth-order valence-corrected chi connectivity index (χ4v) is 2.66. The van der Waals surface area contributed by atoms with E-state index in [9.17, 15) is 9.90 Å². The molecule has 20 heavy (non-hydrogen) atoms. The number of aromatic hydroxyl groups is 1. The Hall–Kier alpha value is -2.30. The SMILES string of the molecule is C/C=C1/C[C@H]2C=Nc3cc(O)c(OC)cc3C(=O)N2C1. The fraction of sp³-hybridized carbons (Fsp3) is 0.333. The van der Waals surface area contributed by atoms with Crippen molar-refractivity contribution < 1.29 is 14.6 Å². The number of ether oxygens (including phenoxy) is 1. The van der Waals surface area contributed by atoms with Crippen molar-refractivity contribution in [2.45, 2.75) is 19.4 Å². The average molecular weight is 272 g/mol. The van der Waals surface area contributed by atoms with Gasteiger partial charge in [0.25, 0.3) is 5.91 Å². The summed E-state index contributed by atoms with van der Waals surface area (Å²) in [6.07, 6.45) is 4.66. The molecule has 2 aliphatic rings. The molecule has 0 aromatic heterocycles. The molecular formula is C15H16N2O3. The van der Waals surface area contributed by atoms with E-state index in [0.717, 1.165) is 6.42 Å². The summed E-state index contributed by atoms with van der Waals surface area (Å²) < 4.78 is 5.07. The zero-order chi connectivity index (χ0) is 14.3. The monoisotopic (exact) mass is 272 g/mol. The van der Waals surface area contributed by atoms with Crippen LogP contribution in [-0.4, -0.2) is 41.8 Å². The van der Waals surface area contributed by atoms with Gasteiger partial charge in [0.1, 0.15) is 0 Å². The Morgan fingerprint density at radius 1 is 1.50 bits per heavy atom. The van der Waals surface area contributed by atoms with Crippen LogP contribution in [0.25, 0.3) is 0 Å². The van der Waals surface area contributed by atoms with Crippen molar-refractivity contribution in [2.24, 2.45) is 4.99 Å². The molecule has 0 radical (unpaired) electrons. The van der Waals surface area contributed by atoms with E-state index in [4.69, 9.17) is 4.74 Å². The minimum Gasteiger partial charge on any atom is -0.504 e. The summed E-state index contributed by atoms with van der Waals surface area (Å²) in [5.41, 5.74) is 2.20. The number of nitrogens with zero attached hydrogens (tertiary/aromatic N) is 2. The molecule has 0 spiro atoms. The second-order valence-corrected chi connectivity index (χ2v) is 4.97. The Balaban J connectivity index is 2.07. The third-order valence-corrected chi connectivity index (χ3v) is 3.83. The van der Waals surface area contributed by atoms with Gasteiger partial charge in [-0.25, -0.2) is 0 Å². The van der Waals surface area contributed by atoms with E-state index in [1.165, 1.54) is 18.7 Å². The van der Waals surface area contributed by atoms with E-state index in [0.29, 0.717) is 17.8 Å². The summed E-state index contributed by atoms with van der Waals surface area (Å²) >= 11 is 0. The summed E-state index contributed by atoms with van der Waals surface area (Å²) in [6.45, 7) is 2.62.